The highest BCUT2D eigenvalue weighted by atomic mass is 79.9. The molecule has 0 aliphatic carbocycles. The van der Waals surface area contributed by atoms with Crippen LogP contribution in [0, 0.1) is 11.3 Å². The molecule has 0 rings (SSSR count). The number of aliphatic carboxylic acids is 1. The zero-order valence-corrected chi connectivity index (χ0v) is 13.8. The van der Waals surface area contributed by atoms with Gasteiger partial charge in [-0.25, -0.2) is 0 Å². The fraction of sp³-hybridized carbons (Fsp3) is 0.786. The van der Waals surface area contributed by atoms with E-state index in [4.69, 9.17) is 4.74 Å². The lowest BCUT2D eigenvalue weighted by Crippen LogP contribution is -2.43. The van der Waals surface area contributed by atoms with E-state index >= 15 is 0 Å². The van der Waals surface area contributed by atoms with Gasteiger partial charge in [0.15, 0.2) is 5.78 Å². The molecule has 5 nitrogen and oxygen atoms in total. The summed E-state index contributed by atoms with van der Waals surface area (Å²) in [6.07, 6.45) is 0.521. The molecular weight excluding hydrogens is 328 g/mol. The number of carbonyl (C=O) groups is 3. The number of ether oxygens (including phenoxy) is 1. The summed E-state index contributed by atoms with van der Waals surface area (Å²) in [6.45, 7) is 5.77. The van der Waals surface area contributed by atoms with Crippen LogP contribution in [0.2, 0.25) is 0 Å². The van der Waals surface area contributed by atoms with Gasteiger partial charge in [0.1, 0.15) is 5.41 Å². The first-order chi connectivity index (χ1) is 9.30. The summed E-state index contributed by atoms with van der Waals surface area (Å²) < 4.78 is 5.00. The molecule has 0 unspecified atom stereocenters. The Morgan fingerprint density at radius 2 is 1.85 bits per heavy atom. The van der Waals surface area contributed by atoms with Crippen molar-refractivity contribution in [3.63, 3.8) is 0 Å². The minimum Gasteiger partial charge on any atom is -0.550 e. The van der Waals surface area contributed by atoms with Crippen LogP contribution in [-0.4, -0.2) is 29.7 Å². The molecule has 0 saturated heterocycles. The van der Waals surface area contributed by atoms with Crippen molar-refractivity contribution >= 4 is 33.7 Å². The fourth-order valence-corrected chi connectivity index (χ4v) is 2.51. The number of ketones is 1. The van der Waals surface area contributed by atoms with Gasteiger partial charge in [0.05, 0.1) is 11.9 Å². The Kier molecular flexibility index (Phi) is 8.69. The van der Waals surface area contributed by atoms with E-state index < -0.39 is 17.4 Å². The molecule has 0 aromatic heterocycles. The van der Waals surface area contributed by atoms with Crippen LogP contribution in [0.1, 0.15) is 46.5 Å². The molecule has 6 heteroatoms. The number of carboxylic acids is 1. The van der Waals surface area contributed by atoms with Crippen molar-refractivity contribution < 1.29 is 24.2 Å². The summed E-state index contributed by atoms with van der Waals surface area (Å²) in [5.74, 6) is -1.94. The molecule has 0 bridgehead atoms. The Labute approximate surface area is 128 Å². The molecule has 20 heavy (non-hydrogen) atoms. The number of carboxylic acid groups (broad SMARTS) is 1. The predicted octanol–water partition coefficient (Wildman–Crippen LogP) is 1.47. The summed E-state index contributed by atoms with van der Waals surface area (Å²) in [5.41, 5.74) is -1.39. The minimum atomic E-state index is -1.39. The van der Waals surface area contributed by atoms with Crippen LogP contribution in [0.25, 0.3) is 0 Å². The summed E-state index contributed by atoms with van der Waals surface area (Å²) in [6, 6.07) is 0. The van der Waals surface area contributed by atoms with Crippen molar-refractivity contribution in [1.29, 1.82) is 0 Å². The van der Waals surface area contributed by atoms with Gasteiger partial charge in [0.25, 0.3) is 0 Å². The van der Waals surface area contributed by atoms with Gasteiger partial charge in [-0.15, -0.1) is 0 Å². The molecule has 0 saturated carbocycles. The third kappa shape index (κ3) is 5.61. The smallest absolute Gasteiger partial charge is 0.319 e. The van der Waals surface area contributed by atoms with Gasteiger partial charge in [0.2, 0.25) is 0 Å². The van der Waals surface area contributed by atoms with Gasteiger partial charge in [-0.05, 0) is 38.5 Å². The monoisotopic (exact) mass is 349 g/mol. The number of hydrogen-bond acceptors (Lipinski definition) is 5. The van der Waals surface area contributed by atoms with E-state index in [-0.39, 0.29) is 30.6 Å². The highest BCUT2D eigenvalue weighted by molar-refractivity contribution is 9.09. The third-order valence-corrected chi connectivity index (χ3v) is 3.73. The van der Waals surface area contributed by atoms with Gasteiger partial charge >= 0.3 is 5.97 Å². The van der Waals surface area contributed by atoms with Crippen LogP contribution >= 0.6 is 15.9 Å². The Bertz CT molecular complexity index is 353. The second kappa shape index (κ2) is 9.10. The largest absolute Gasteiger partial charge is 0.550 e. The Morgan fingerprint density at radius 1 is 1.25 bits per heavy atom. The molecule has 0 radical (unpaired) electrons. The zero-order chi connectivity index (χ0) is 15.8. The van der Waals surface area contributed by atoms with Gasteiger partial charge in [-0.3, -0.25) is 9.59 Å². The first-order valence-corrected chi connectivity index (χ1v) is 7.88. The first-order valence-electron chi connectivity index (χ1n) is 6.76. The van der Waals surface area contributed by atoms with Gasteiger partial charge in [-0.2, -0.15) is 0 Å². The van der Waals surface area contributed by atoms with Crippen LogP contribution < -0.4 is 5.11 Å². The van der Waals surface area contributed by atoms with Crippen LogP contribution in [0.4, 0.5) is 0 Å². The number of Topliss-reactive ketones (excluding diaryl/α,β-unsaturated/α-hetero) is 1. The van der Waals surface area contributed by atoms with E-state index in [2.05, 4.69) is 15.9 Å². The van der Waals surface area contributed by atoms with Crippen molar-refractivity contribution in [2.75, 3.05) is 11.9 Å². The maximum absolute atomic E-state index is 12.2. The number of esters is 1. The normalized spacial score (nSPS) is 13.8. The lowest BCUT2D eigenvalue weighted by Gasteiger charge is -2.30. The van der Waals surface area contributed by atoms with E-state index in [1.54, 1.807) is 6.92 Å². The van der Waals surface area contributed by atoms with E-state index in [0.29, 0.717) is 18.8 Å². The Hall–Kier alpha value is -0.910. The molecule has 0 amide bonds. The average molecular weight is 350 g/mol. The van der Waals surface area contributed by atoms with Crippen LogP contribution in [0.5, 0.6) is 0 Å². The van der Waals surface area contributed by atoms with Crippen molar-refractivity contribution in [3.8, 4) is 0 Å². The zero-order valence-electron chi connectivity index (χ0n) is 12.2. The second-order valence-corrected chi connectivity index (χ2v) is 5.72. The standard InChI is InChI=1S/C14H23BrO5/c1-4-20-13(19)14(11(16)9-15,7-5-10(2)3)8-6-12(17)18/h10H,4-9H2,1-3H3,(H,17,18)/p-1/t14-/m1/s1. The van der Waals surface area contributed by atoms with Gasteiger partial charge in [0, 0.05) is 5.97 Å². The van der Waals surface area contributed by atoms with E-state index in [1.807, 2.05) is 13.8 Å². The van der Waals surface area contributed by atoms with E-state index in [1.165, 1.54) is 0 Å². The summed E-state index contributed by atoms with van der Waals surface area (Å²) in [4.78, 5) is 35.1. The highest BCUT2D eigenvalue weighted by Crippen LogP contribution is 2.35. The maximum Gasteiger partial charge on any atom is 0.319 e. The first kappa shape index (κ1) is 19.1. The molecule has 0 N–H and O–H groups in total. The predicted molar refractivity (Wildman–Crippen MR) is 76.2 cm³/mol. The van der Waals surface area contributed by atoms with Crippen molar-refractivity contribution in [2.24, 2.45) is 11.3 Å². The molecule has 0 heterocycles. The second-order valence-electron chi connectivity index (χ2n) is 5.16. The van der Waals surface area contributed by atoms with Crippen LogP contribution in [0.3, 0.4) is 0 Å². The summed E-state index contributed by atoms with van der Waals surface area (Å²) >= 11 is 3.06. The highest BCUT2D eigenvalue weighted by Gasteiger charge is 2.45. The average Bonchev–Trinajstić information content (AvgIpc) is 2.38. The lowest BCUT2D eigenvalue weighted by atomic mass is 9.74. The quantitative estimate of drug-likeness (QED) is 0.338. The molecule has 0 fully saturated rings. The maximum atomic E-state index is 12.2. The van der Waals surface area contributed by atoms with Crippen molar-refractivity contribution in [2.45, 2.75) is 46.5 Å². The van der Waals surface area contributed by atoms with Crippen LogP contribution in [0.15, 0.2) is 0 Å². The molecule has 0 spiro atoms. The summed E-state index contributed by atoms with van der Waals surface area (Å²) in [7, 11) is 0. The fourth-order valence-electron chi connectivity index (χ4n) is 1.97. The molecule has 0 aliphatic heterocycles. The SMILES string of the molecule is CCOC(=O)[C@@](CCC(=O)[O-])(CCC(C)C)C(=O)CBr. The number of alkyl halides is 1. The molecular formula is C14H22BrO5-. The number of carbonyl (C=O) groups excluding carboxylic acids is 3. The number of hydrogen-bond donors (Lipinski definition) is 0. The third-order valence-electron chi connectivity index (χ3n) is 3.23. The summed E-state index contributed by atoms with van der Waals surface area (Å²) in [5, 5.41) is 10.7. The topological polar surface area (TPSA) is 83.5 Å². The van der Waals surface area contributed by atoms with Crippen molar-refractivity contribution in [3.05, 3.63) is 0 Å². The van der Waals surface area contributed by atoms with E-state index in [0.717, 1.165) is 0 Å². The molecule has 1 atom stereocenters. The lowest BCUT2D eigenvalue weighted by molar-refractivity contribution is -0.306. The Morgan fingerprint density at radius 3 is 2.25 bits per heavy atom. The van der Waals surface area contributed by atoms with Crippen LogP contribution in [-0.2, 0) is 19.1 Å². The minimum absolute atomic E-state index is 0.00302. The van der Waals surface area contributed by atoms with Gasteiger partial charge < -0.3 is 14.6 Å². The molecule has 0 aromatic rings. The number of rotatable bonds is 10. The van der Waals surface area contributed by atoms with Crippen molar-refractivity contribution in [1.82, 2.24) is 0 Å². The van der Waals surface area contributed by atoms with Gasteiger partial charge in [-0.1, -0.05) is 29.8 Å². The van der Waals surface area contributed by atoms with E-state index in [9.17, 15) is 19.5 Å². The molecule has 0 aliphatic rings. The Balaban J connectivity index is 5.31. The molecule has 0 aromatic carbocycles. The number of halogens is 1. The molecule has 116 valence electrons.